The lowest BCUT2D eigenvalue weighted by Crippen LogP contribution is -2.49. The fourth-order valence-corrected chi connectivity index (χ4v) is 1.86. The molecule has 108 valence electrons. The van der Waals surface area contributed by atoms with Crippen LogP contribution in [-0.4, -0.2) is 30.8 Å². The Hall–Kier alpha value is -2.17. The molecule has 1 atom stereocenters. The largest absolute Gasteiger partial charge is 0.465 e. The number of ether oxygens (including phenoxy) is 1. The van der Waals surface area contributed by atoms with E-state index in [-0.39, 0.29) is 12.2 Å². The Morgan fingerprint density at radius 3 is 2.55 bits per heavy atom. The van der Waals surface area contributed by atoms with E-state index >= 15 is 0 Å². The molecule has 0 saturated heterocycles. The van der Waals surface area contributed by atoms with Crippen molar-refractivity contribution >= 4 is 18.2 Å². The maximum Gasteiger partial charge on any atom is 0.338 e. The lowest BCUT2D eigenvalue weighted by atomic mass is 9.88. The molecule has 0 heterocycles. The highest BCUT2D eigenvalue weighted by Gasteiger charge is 2.31. The third-order valence-corrected chi connectivity index (χ3v) is 3.47. The van der Waals surface area contributed by atoms with Gasteiger partial charge in [0.2, 0.25) is 6.41 Å². The first-order valence-electron chi connectivity index (χ1n) is 6.39. The van der Waals surface area contributed by atoms with E-state index in [9.17, 15) is 14.4 Å². The first kappa shape index (κ1) is 15.9. The predicted molar refractivity (Wildman–Crippen MR) is 74.4 cm³/mol. The van der Waals surface area contributed by atoms with Gasteiger partial charge in [-0.2, -0.15) is 0 Å². The second-order valence-electron chi connectivity index (χ2n) is 4.70. The van der Waals surface area contributed by atoms with Crippen molar-refractivity contribution in [3.8, 4) is 0 Å². The fourth-order valence-electron chi connectivity index (χ4n) is 1.86. The second-order valence-corrected chi connectivity index (χ2v) is 4.70. The van der Waals surface area contributed by atoms with Crippen LogP contribution >= 0.6 is 0 Å². The zero-order valence-electron chi connectivity index (χ0n) is 11.9. The van der Waals surface area contributed by atoms with Gasteiger partial charge in [-0.05, 0) is 25.0 Å². The minimum absolute atomic E-state index is 0.0659. The SMILES string of the molecule is CCC(C)(NC=O)C(=O)Cc1ccccc1C(=O)OC. The smallest absolute Gasteiger partial charge is 0.338 e. The maximum atomic E-state index is 12.3. The lowest BCUT2D eigenvalue weighted by molar-refractivity contribution is -0.127. The van der Waals surface area contributed by atoms with Crippen LogP contribution in [0.25, 0.3) is 0 Å². The van der Waals surface area contributed by atoms with Crippen LogP contribution in [-0.2, 0) is 20.7 Å². The molecule has 20 heavy (non-hydrogen) atoms. The van der Waals surface area contributed by atoms with Gasteiger partial charge < -0.3 is 10.1 Å². The molecule has 1 unspecified atom stereocenters. The van der Waals surface area contributed by atoms with Crippen LogP contribution in [0.15, 0.2) is 24.3 Å². The van der Waals surface area contributed by atoms with Crippen LogP contribution in [0.1, 0.15) is 36.2 Å². The van der Waals surface area contributed by atoms with Gasteiger partial charge in [-0.25, -0.2) is 4.79 Å². The van der Waals surface area contributed by atoms with Gasteiger partial charge in [0.05, 0.1) is 18.2 Å². The molecular formula is C15H19NO4. The van der Waals surface area contributed by atoms with Crippen molar-refractivity contribution in [3.05, 3.63) is 35.4 Å². The van der Waals surface area contributed by atoms with Gasteiger partial charge in [-0.3, -0.25) is 9.59 Å². The topological polar surface area (TPSA) is 72.5 Å². The predicted octanol–water partition coefficient (Wildman–Crippen LogP) is 1.50. The zero-order chi connectivity index (χ0) is 15.2. The highest BCUT2D eigenvalue weighted by atomic mass is 16.5. The number of hydrogen-bond donors (Lipinski definition) is 1. The Labute approximate surface area is 118 Å². The summed E-state index contributed by atoms with van der Waals surface area (Å²) < 4.78 is 4.70. The van der Waals surface area contributed by atoms with Crippen molar-refractivity contribution in [1.29, 1.82) is 0 Å². The number of esters is 1. The van der Waals surface area contributed by atoms with Crippen LogP contribution in [0.4, 0.5) is 0 Å². The number of ketones is 1. The number of methoxy groups -OCH3 is 1. The van der Waals surface area contributed by atoms with Crippen molar-refractivity contribution in [1.82, 2.24) is 5.32 Å². The van der Waals surface area contributed by atoms with Crippen LogP contribution < -0.4 is 5.32 Å². The summed E-state index contributed by atoms with van der Waals surface area (Å²) in [5, 5.41) is 2.55. The molecule has 0 saturated carbocycles. The van der Waals surface area contributed by atoms with E-state index in [1.54, 1.807) is 31.2 Å². The third kappa shape index (κ3) is 3.44. The molecule has 1 rings (SSSR count). The molecule has 1 aromatic rings. The van der Waals surface area contributed by atoms with Crippen molar-refractivity contribution in [2.24, 2.45) is 0 Å². The molecule has 0 fully saturated rings. The Balaban J connectivity index is 3.01. The molecule has 1 N–H and O–H groups in total. The second kappa shape index (κ2) is 6.84. The summed E-state index contributed by atoms with van der Waals surface area (Å²) in [5.41, 5.74) is 0.0370. The van der Waals surface area contributed by atoms with Crippen molar-refractivity contribution in [3.63, 3.8) is 0 Å². The van der Waals surface area contributed by atoms with E-state index in [0.717, 1.165) is 0 Å². The highest BCUT2D eigenvalue weighted by molar-refractivity contribution is 5.96. The monoisotopic (exact) mass is 277 g/mol. The highest BCUT2D eigenvalue weighted by Crippen LogP contribution is 2.17. The van der Waals surface area contributed by atoms with Crippen LogP contribution in [0.3, 0.4) is 0 Å². The van der Waals surface area contributed by atoms with Gasteiger partial charge in [0.1, 0.15) is 0 Å². The number of benzene rings is 1. The summed E-state index contributed by atoms with van der Waals surface area (Å²) in [6.07, 6.45) is 1.06. The van der Waals surface area contributed by atoms with Crippen molar-refractivity contribution in [2.75, 3.05) is 7.11 Å². The zero-order valence-corrected chi connectivity index (χ0v) is 11.9. The first-order valence-corrected chi connectivity index (χ1v) is 6.39. The number of rotatable bonds is 7. The molecule has 0 radical (unpaired) electrons. The number of Topliss-reactive ketones (excluding diaryl/α,β-unsaturated/α-hetero) is 1. The van der Waals surface area contributed by atoms with Crippen LogP contribution in [0.2, 0.25) is 0 Å². The minimum Gasteiger partial charge on any atom is -0.465 e. The van der Waals surface area contributed by atoms with Gasteiger partial charge in [-0.1, -0.05) is 25.1 Å². The summed E-state index contributed by atoms with van der Waals surface area (Å²) in [6, 6.07) is 6.79. The standard InChI is InChI=1S/C15H19NO4/c1-4-15(2,16-10-17)13(18)9-11-7-5-6-8-12(11)14(19)20-3/h5-8,10H,4,9H2,1-3H3,(H,16,17). The van der Waals surface area contributed by atoms with E-state index in [1.807, 2.05) is 6.92 Å². The Bertz CT molecular complexity index is 512. The average molecular weight is 277 g/mol. The average Bonchev–Trinajstić information content (AvgIpc) is 2.47. The molecule has 1 amide bonds. The normalized spacial score (nSPS) is 13.2. The van der Waals surface area contributed by atoms with Crippen LogP contribution in [0, 0.1) is 0 Å². The Kier molecular flexibility index (Phi) is 5.43. The summed E-state index contributed by atoms with van der Waals surface area (Å²) >= 11 is 0. The molecule has 0 bridgehead atoms. The van der Waals surface area contributed by atoms with Gasteiger partial charge in [0.25, 0.3) is 0 Å². The summed E-state index contributed by atoms with van der Waals surface area (Å²) in [7, 11) is 1.30. The molecule has 0 aromatic heterocycles. The van der Waals surface area contributed by atoms with Gasteiger partial charge >= 0.3 is 5.97 Å². The molecule has 0 spiro atoms. The molecular weight excluding hydrogens is 258 g/mol. The number of amides is 1. The number of carbonyl (C=O) groups is 3. The number of hydrogen-bond acceptors (Lipinski definition) is 4. The molecule has 1 aromatic carbocycles. The third-order valence-electron chi connectivity index (χ3n) is 3.47. The Morgan fingerprint density at radius 2 is 2.00 bits per heavy atom. The summed E-state index contributed by atoms with van der Waals surface area (Å²) in [5.74, 6) is -0.626. The molecule has 0 aliphatic carbocycles. The van der Waals surface area contributed by atoms with E-state index in [2.05, 4.69) is 5.32 Å². The summed E-state index contributed by atoms with van der Waals surface area (Å²) in [4.78, 5) is 34.6. The van der Waals surface area contributed by atoms with Crippen molar-refractivity contribution in [2.45, 2.75) is 32.2 Å². The van der Waals surface area contributed by atoms with Crippen LogP contribution in [0.5, 0.6) is 0 Å². The van der Waals surface area contributed by atoms with E-state index in [0.29, 0.717) is 24.0 Å². The summed E-state index contributed by atoms with van der Waals surface area (Å²) in [6.45, 7) is 3.49. The quantitative estimate of drug-likeness (QED) is 0.605. The fraction of sp³-hybridized carbons (Fsp3) is 0.400. The molecule has 0 aliphatic heterocycles. The van der Waals surface area contributed by atoms with Gasteiger partial charge in [-0.15, -0.1) is 0 Å². The van der Waals surface area contributed by atoms with E-state index in [1.165, 1.54) is 7.11 Å². The van der Waals surface area contributed by atoms with Gasteiger partial charge in [0.15, 0.2) is 5.78 Å². The maximum absolute atomic E-state index is 12.3. The lowest BCUT2D eigenvalue weighted by Gasteiger charge is -2.26. The number of nitrogens with one attached hydrogen (secondary N) is 1. The molecule has 5 nitrogen and oxygen atoms in total. The number of carbonyl (C=O) groups excluding carboxylic acids is 3. The molecule has 5 heteroatoms. The Morgan fingerprint density at radius 1 is 1.35 bits per heavy atom. The van der Waals surface area contributed by atoms with E-state index < -0.39 is 11.5 Å². The van der Waals surface area contributed by atoms with Crippen molar-refractivity contribution < 1.29 is 19.1 Å². The van der Waals surface area contributed by atoms with Gasteiger partial charge in [0, 0.05) is 6.42 Å². The molecule has 0 aliphatic rings. The first-order chi connectivity index (χ1) is 9.48. The minimum atomic E-state index is -0.926. The van der Waals surface area contributed by atoms with E-state index in [4.69, 9.17) is 4.74 Å².